The van der Waals surface area contributed by atoms with Gasteiger partial charge in [0, 0.05) is 18.6 Å². The molecule has 6 heteroatoms. The summed E-state index contributed by atoms with van der Waals surface area (Å²) < 4.78 is 5.34. The van der Waals surface area contributed by atoms with Crippen molar-refractivity contribution in [1.29, 1.82) is 5.41 Å². The second-order valence-corrected chi connectivity index (χ2v) is 3.33. The zero-order valence-corrected chi connectivity index (χ0v) is 8.90. The molecule has 0 amide bonds. The summed E-state index contributed by atoms with van der Waals surface area (Å²) in [5.41, 5.74) is 5.90. The summed E-state index contributed by atoms with van der Waals surface area (Å²) in [4.78, 5) is 10.0. The average Bonchev–Trinajstić information content (AvgIpc) is 2.19. The van der Waals surface area contributed by atoms with Gasteiger partial charge in [-0.15, -0.1) is 0 Å². The second-order valence-electron chi connectivity index (χ2n) is 3.33. The van der Waals surface area contributed by atoms with E-state index in [-0.39, 0.29) is 11.5 Å². The van der Waals surface area contributed by atoms with Crippen molar-refractivity contribution in [2.75, 3.05) is 6.61 Å². The number of hydrogen-bond donors (Lipinski definition) is 2. The van der Waals surface area contributed by atoms with Gasteiger partial charge < -0.3 is 10.5 Å². The molecule has 6 nitrogen and oxygen atoms in total. The molecule has 0 unspecified atom stereocenters. The van der Waals surface area contributed by atoms with E-state index in [1.807, 2.05) is 0 Å². The Balaban J connectivity index is 2.68. The molecule has 0 aliphatic rings. The van der Waals surface area contributed by atoms with Crippen molar-refractivity contribution < 1.29 is 9.66 Å². The van der Waals surface area contributed by atoms with Crippen LogP contribution in [0.5, 0.6) is 5.75 Å². The minimum absolute atomic E-state index is 0.0383. The summed E-state index contributed by atoms with van der Waals surface area (Å²) in [5, 5.41) is 17.5. The number of hydrogen-bond acceptors (Lipinski definition) is 4. The molecule has 0 saturated heterocycles. The number of amidine groups is 1. The van der Waals surface area contributed by atoms with Crippen LogP contribution in [-0.2, 0) is 0 Å². The van der Waals surface area contributed by atoms with Crippen LogP contribution in [0.3, 0.4) is 0 Å². The van der Waals surface area contributed by atoms with Crippen molar-refractivity contribution in [2.24, 2.45) is 5.73 Å². The summed E-state index contributed by atoms with van der Waals surface area (Å²) in [6, 6.07) is 4.38. The number of nitrogens with zero attached hydrogens (tertiary/aromatic N) is 1. The third kappa shape index (κ3) is 3.23. The molecule has 0 saturated carbocycles. The first kappa shape index (κ1) is 12.0. The summed E-state index contributed by atoms with van der Waals surface area (Å²) in [7, 11) is 0. The highest BCUT2D eigenvalue weighted by Crippen LogP contribution is 2.23. The molecule has 0 aliphatic heterocycles. The lowest BCUT2D eigenvalue weighted by Crippen LogP contribution is -2.14. The van der Waals surface area contributed by atoms with Crippen LogP contribution < -0.4 is 10.5 Å². The van der Waals surface area contributed by atoms with Crippen LogP contribution in [0.15, 0.2) is 18.2 Å². The van der Waals surface area contributed by atoms with Crippen LogP contribution >= 0.6 is 0 Å². The Morgan fingerprint density at radius 3 is 2.81 bits per heavy atom. The van der Waals surface area contributed by atoms with Crippen LogP contribution in [0.1, 0.15) is 12.0 Å². The number of ether oxygens (including phenoxy) is 1. The van der Waals surface area contributed by atoms with Gasteiger partial charge in [0.1, 0.15) is 5.75 Å². The molecule has 0 aliphatic carbocycles. The minimum Gasteiger partial charge on any atom is -0.493 e. The lowest BCUT2D eigenvalue weighted by atomic mass is 10.2. The van der Waals surface area contributed by atoms with Gasteiger partial charge in [0.2, 0.25) is 0 Å². The fourth-order valence-electron chi connectivity index (χ4n) is 1.18. The SMILES string of the molecule is Cc1cc([N+](=O)[O-])ccc1OCCC(=N)N. The van der Waals surface area contributed by atoms with E-state index >= 15 is 0 Å². The molecule has 0 radical (unpaired) electrons. The van der Waals surface area contributed by atoms with Gasteiger partial charge in [0.15, 0.2) is 0 Å². The number of benzene rings is 1. The number of nitrogens with one attached hydrogen (secondary N) is 1. The van der Waals surface area contributed by atoms with Gasteiger partial charge in [-0.05, 0) is 18.6 Å². The lowest BCUT2D eigenvalue weighted by Gasteiger charge is -2.07. The smallest absolute Gasteiger partial charge is 0.269 e. The van der Waals surface area contributed by atoms with Gasteiger partial charge in [0.25, 0.3) is 5.69 Å². The number of nitro groups is 1. The molecule has 16 heavy (non-hydrogen) atoms. The standard InChI is InChI=1S/C10H13N3O3/c1-7-6-8(13(14)15)2-3-9(7)16-5-4-10(11)12/h2-3,6H,4-5H2,1H3,(H3,11,12). The van der Waals surface area contributed by atoms with Gasteiger partial charge in [-0.25, -0.2) is 0 Å². The summed E-state index contributed by atoms with van der Waals surface area (Å²) >= 11 is 0. The topological polar surface area (TPSA) is 102 Å². The van der Waals surface area contributed by atoms with Gasteiger partial charge in [-0.3, -0.25) is 15.5 Å². The second kappa shape index (κ2) is 5.11. The summed E-state index contributed by atoms with van der Waals surface area (Å²) in [5.74, 6) is 0.631. The first-order valence-electron chi connectivity index (χ1n) is 4.71. The van der Waals surface area contributed by atoms with E-state index in [0.717, 1.165) is 0 Å². The molecular formula is C10H13N3O3. The zero-order valence-electron chi connectivity index (χ0n) is 8.90. The van der Waals surface area contributed by atoms with Crippen molar-refractivity contribution in [2.45, 2.75) is 13.3 Å². The third-order valence-electron chi connectivity index (χ3n) is 2.00. The molecule has 0 atom stereocenters. The minimum atomic E-state index is -0.452. The molecule has 0 aromatic heterocycles. The maximum absolute atomic E-state index is 10.5. The predicted molar refractivity (Wildman–Crippen MR) is 59.9 cm³/mol. The molecule has 0 fully saturated rings. The van der Waals surface area contributed by atoms with Crippen molar-refractivity contribution in [1.82, 2.24) is 0 Å². The first-order chi connectivity index (χ1) is 7.50. The molecular weight excluding hydrogens is 210 g/mol. The van der Waals surface area contributed by atoms with Gasteiger partial charge in [-0.2, -0.15) is 0 Å². The Labute approximate surface area is 92.7 Å². The average molecular weight is 223 g/mol. The molecule has 1 rings (SSSR count). The van der Waals surface area contributed by atoms with E-state index in [0.29, 0.717) is 24.3 Å². The maximum Gasteiger partial charge on any atom is 0.269 e. The number of rotatable bonds is 5. The fourth-order valence-corrected chi connectivity index (χ4v) is 1.18. The van der Waals surface area contributed by atoms with Crippen LogP contribution in [0.4, 0.5) is 5.69 Å². The molecule has 0 heterocycles. The van der Waals surface area contributed by atoms with Crippen molar-refractivity contribution >= 4 is 11.5 Å². The molecule has 1 aromatic rings. The maximum atomic E-state index is 10.5. The van der Waals surface area contributed by atoms with Gasteiger partial charge >= 0.3 is 0 Å². The summed E-state index contributed by atoms with van der Waals surface area (Å²) in [6.45, 7) is 2.03. The Hall–Kier alpha value is -2.11. The highest BCUT2D eigenvalue weighted by Gasteiger charge is 2.08. The Morgan fingerprint density at radius 2 is 2.31 bits per heavy atom. The van der Waals surface area contributed by atoms with E-state index in [1.54, 1.807) is 13.0 Å². The van der Waals surface area contributed by atoms with E-state index < -0.39 is 4.92 Å². The molecule has 1 aromatic carbocycles. The number of nitrogens with two attached hydrogens (primary N) is 1. The van der Waals surface area contributed by atoms with Crippen molar-refractivity contribution in [3.8, 4) is 5.75 Å². The monoisotopic (exact) mass is 223 g/mol. The Bertz CT molecular complexity index is 418. The Morgan fingerprint density at radius 1 is 1.62 bits per heavy atom. The largest absolute Gasteiger partial charge is 0.493 e. The Kier molecular flexibility index (Phi) is 3.82. The van der Waals surface area contributed by atoms with Crippen LogP contribution in [0.2, 0.25) is 0 Å². The molecule has 0 spiro atoms. The number of aryl methyl sites for hydroxylation is 1. The van der Waals surface area contributed by atoms with Crippen LogP contribution in [0, 0.1) is 22.4 Å². The molecule has 86 valence electrons. The molecule has 0 bridgehead atoms. The van der Waals surface area contributed by atoms with Gasteiger partial charge in [0.05, 0.1) is 17.4 Å². The fraction of sp³-hybridized carbons (Fsp3) is 0.300. The van der Waals surface area contributed by atoms with Crippen molar-refractivity contribution in [3.05, 3.63) is 33.9 Å². The van der Waals surface area contributed by atoms with E-state index in [4.69, 9.17) is 15.9 Å². The quantitative estimate of drug-likeness (QED) is 0.342. The van der Waals surface area contributed by atoms with E-state index in [2.05, 4.69) is 0 Å². The highest BCUT2D eigenvalue weighted by molar-refractivity contribution is 5.76. The predicted octanol–water partition coefficient (Wildman–Crippen LogP) is 1.61. The molecule has 3 N–H and O–H groups in total. The highest BCUT2D eigenvalue weighted by atomic mass is 16.6. The van der Waals surface area contributed by atoms with Gasteiger partial charge in [-0.1, -0.05) is 0 Å². The first-order valence-corrected chi connectivity index (χ1v) is 4.71. The van der Waals surface area contributed by atoms with E-state index in [1.165, 1.54) is 12.1 Å². The summed E-state index contributed by atoms with van der Waals surface area (Å²) in [6.07, 6.45) is 0.344. The van der Waals surface area contributed by atoms with Crippen LogP contribution in [0.25, 0.3) is 0 Å². The normalized spacial score (nSPS) is 9.81. The third-order valence-corrected chi connectivity index (χ3v) is 2.00. The zero-order chi connectivity index (χ0) is 12.1. The number of non-ortho nitro benzene ring substituents is 1. The lowest BCUT2D eigenvalue weighted by molar-refractivity contribution is -0.384. The number of nitro benzene ring substituents is 1. The van der Waals surface area contributed by atoms with Crippen molar-refractivity contribution in [3.63, 3.8) is 0 Å². The van der Waals surface area contributed by atoms with Crippen LogP contribution in [-0.4, -0.2) is 17.4 Å². The van der Waals surface area contributed by atoms with E-state index in [9.17, 15) is 10.1 Å².